The minimum Gasteiger partial charge on any atom is -0.497 e. The second-order valence-corrected chi connectivity index (χ2v) is 10.7. The molecule has 2 N–H and O–H groups in total. The largest absolute Gasteiger partial charge is 0.497 e. The minimum absolute atomic E-state index is 0.160. The summed E-state index contributed by atoms with van der Waals surface area (Å²) >= 11 is 2.54. The number of benzene rings is 2. The molecule has 2 aromatic carbocycles. The normalized spacial score (nSPS) is 11.4. The summed E-state index contributed by atoms with van der Waals surface area (Å²) in [6.07, 6.45) is 0. The van der Waals surface area contributed by atoms with Crippen molar-refractivity contribution in [3.05, 3.63) is 91.1 Å². The molecule has 10 nitrogen and oxygen atoms in total. The van der Waals surface area contributed by atoms with Gasteiger partial charge in [-0.1, -0.05) is 22.7 Å². The maximum absolute atomic E-state index is 13.3. The lowest BCUT2D eigenvalue weighted by Crippen LogP contribution is -2.38. The Morgan fingerprint density at radius 3 is 1.32 bits per heavy atom. The fourth-order valence-corrected chi connectivity index (χ4v) is 6.71. The molecule has 4 aromatic heterocycles. The third-order valence-electron chi connectivity index (χ3n) is 6.86. The number of hydrogen-bond acceptors (Lipinski definition) is 8. The number of hydrogen-bond donors (Lipinski definition) is 2. The van der Waals surface area contributed by atoms with Crippen molar-refractivity contribution in [1.82, 2.24) is 9.13 Å². The number of rotatable bonds is 5. The third-order valence-corrected chi connectivity index (χ3v) is 8.70. The van der Waals surface area contributed by atoms with E-state index >= 15 is 0 Å². The van der Waals surface area contributed by atoms with Crippen LogP contribution in [0.5, 0.6) is 23.3 Å². The van der Waals surface area contributed by atoms with Crippen molar-refractivity contribution < 1.29 is 28.5 Å². The van der Waals surface area contributed by atoms with Crippen LogP contribution in [0.3, 0.4) is 0 Å². The number of fused-ring (bicyclic) bond motifs is 2. The second kappa shape index (κ2) is 9.50. The molecule has 6 rings (SSSR count). The highest BCUT2D eigenvalue weighted by Gasteiger charge is 2.33. The van der Waals surface area contributed by atoms with E-state index in [-0.39, 0.29) is 34.0 Å². The van der Waals surface area contributed by atoms with Crippen molar-refractivity contribution >= 4 is 32.6 Å². The molecule has 0 spiro atoms. The lowest BCUT2D eigenvalue weighted by atomic mass is 10.2. The molecule has 0 bridgehead atoms. The van der Waals surface area contributed by atoms with Crippen LogP contribution in [0, 0.1) is 13.8 Å². The number of methoxy groups -OCH3 is 2. The van der Waals surface area contributed by atoms with Gasteiger partial charge in [-0.2, -0.15) is 0 Å². The first kappa shape index (κ1) is 25.6. The maximum Gasteiger partial charge on any atom is 0.357 e. The quantitative estimate of drug-likeness (QED) is 0.305. The van der Waals surface area contributed by atoms with Gasteiger partial charge in [0.05, 0.1) is 25.0 Å². The summed E-state index contributed by atoms with van der Waals surface area (Å²) < 4.78 is 16.7. The summed E-state index contributed by atoms with van der Waals surface area (Å²) in [4.78, 5) is 27.6. The smallest absolute Gasteiger partial charge is 0.357 e. The van der Waals surface area contributed by atoms with Gasteiger partial charge in [-0.05, 0) is 62.4 Å². The Balaban J connectivity index is 1.65. The van der Waals surface area contributed by atoms with Crippen molar-refractivity contribution in [3.8, 4) is 46.0 Å². The molecule has 0 aliphatic rings. The third kappa shape index (κ3) is 3.67. The Labute approximate surface area is 235 Å². The minimum atomic E-state index is -0.356. The second-order valence-electron chi connectivity index (χ2n) is 9.05. The molecule has 6 aromatic rings. The van der Waals surface area contributed by atoms with Gasteiger partial charge in [-0.15, -0.1) is 17.9 Å². The van der Waals surface area contributed by atoms with Crippen LogP contribution >= 0.6 is 22.7 Å². The SMILES string of the molecule is COc1ccc(-n2c(=O)c(C)c(O)[n+]3c(-c4csc5n(-c6ccc(OC)cc6)c(=O)c(C)c(O)[n+]45)csc23)cc1. The first-order valence-corrected chi connectivity index (χ1v) is 13.9. The molecule has 0 aliphatic carbocycles. The van der Waals surface area contributed by atoms with Gasteiger partial charge in [0.2, 0.25) is 0 Å². The van der Waals surface area contributed by atoms with Crippen molar-refractivity contribution in [2.24, 2.45) is 0 Å². The molecule has 0 fully saturated rings. The van der Waals surface area contributed by atoms with Crippen LogP contribution < -0.4 is 29.4 Å². The zero-order chi connectivity index (χ0) is 28.3. The molecule has 0 aliphatic heterocycles. The van der Waals surface area contributed by atoms with E-state index in [1.807, 2.05) is 0 Å². The van der Waals surface area contributed by atoms with Crippen molar-refractivity contribution in [2.45, 2.75) is 13.8 Å². The predicted octanol–water partition coefficient (Wildman–Crippen LogP) is 3.30. The zero-order valence-electron chi connectivity index (χ0n) is 21.9. The molecule has 0 radical (unpaired) electrons. The van der Waals surface area contributed by atoms with Crippen LogP contribution in [0.4, 0.5) is 0 Å². The average molecular weight is 577 g/mol. The standard InChI is InChI=1S/C28H22N4O6S2/c1-15-23(33)29(17-5-9-19(37-3)10-6-17)27-31(25(15)35)21(13-39-27)22-14-40-28-30(18-7-11-20(38-4)12-8-18)24(34)16(2)26(36)32(22)28/h5-14H,1-4H3/p+2. The number of nitrogens with zero attached hydrogens (tertiary/aromatic N) is 4. The van der Waals surface area contributed by atoms with E-state index in [2.05, 4.69) is 0 Å². The number of aromatic hydroxyl groups is 2. The predicted molar refractivity (Wildman–Crippen MR) is 151 cm³/mol. The summed E-state index contributed by atoms with van der Waals surface area (Å²) in [5.74, 6) is 0.886. The van der Waals surface area contributed by atoms with E-state index in [1.54, 1.807) is 96.2 Å². The van der Waals surface area contributed by atoms with Gasteiger partial charge in [-0.3, -0.25) is 0 Å². The topological polar surface area (TPSA) is 111 Å². The first-order valence-electron chi connectivity index (χ1n) is 12.1. The molecule has 0 saturated carbocycles. The monoisotopic (exact) mass is 576 g/mol. The summed E-state index contributed by atoms with van der Waals surface area (Å²) in [5, 5.41) is 26.0. The molecule has 12 heteroatoms. The average Bonchev–Trinajstić information content (AvgIpc) is 3.60. The molecule has 0 atom stereocenters. The van der Waals surface area contributed by atoms with Gasteiger partial charge in [0.25, 0.3) is 11.8 Å². The van der Waals surface area contributed by atoms with Crippen LogP contribution in [0.15, 0.2) is 68.9 Å². The van der Waals surface area contributed by atoms with Crippen LogP contribution in [-0.2, 0) is 0 Å². The molecule has 0 amide bonds. The summed E-state index contributed by atoms with van der Waals surface area (Å²) in [5.41, 5.74) is 1.89. The van der Waals surface area contributed by atoms with Gasteiger partial charge in [0.15, 0.2) is 11.4 Å². The van der Waals surface area contributed by atoms with E-state index in [0.29, 0.717) is 44.2 Å². The Bertz CT molecular complexity index is 1910. The van der Waals surface area contributed by atoms with Gasteiger partial charge in [-0.25, -0.2) is 9.59 Å². The molecule has 202 valence electrons. The fourth-order valence-electron chi connectivity index (χ4n) is 4.65. The highest BCUT2D eigenvalue weighted by Crippen LogP contribution is 2.29. The molecular weight excluding hydrogens is 552 g/mol. The van der Waals surface area contributed by atoms with E-state index in [1.165, 1.54) is 31.8 Å². The molecular formula is C28H24N4O6S2+2. The van der Waals surface area contributed by atoms with Crippen molar-refractivity contribution in [3.63, 3.8) is 0 Å². The lowest BCUT2D eigenvalue weighted by molar-refractivity contribution is -0.543. The number of aromatic nitrogens is 4. The van der Waals surface area contributed by atoms with E-state index in [4.69, 9.17) is 9.47 Å². The molecule has 40 heavy (non-hydrogen) atoms. The summed E-state index contributed by atoms with van der Waals surface area (Å²) in [7, 11) is 3.14. The summed E-state index contributed by atoms with van der Waals surface area (Å²) in [6, 6.07) is 14.1. The number of ether oxygens (including phenoxy) is 2. The Hall–Kier alpha value is -4.68. The highest BCUT2D eigenvalue weighted by atomic mass is 32.1. The first-order chi connectivity index (χ1) is 19.3. The van der Waals surface area contributed by atoms with E-state index < -0.39 is 0 Å². The Morgan fingerprint density at radius 2 is 1.00 bits per heavy atom. The van der Waals surface area contributed by atoms with Gasteiger partial charge in [0, 0.05) is 0 Å². The molecule has 4 heterocycles. The van der Waals surface area contributed by atoms with Gasteiger partial charge in [0.1, 0.15) is 34.0 Å². The Kier molecular flexibility index (Phi) is 6.08. The van der Waals surface area contributed by atoms with Gasteiger partial charge >= 0.3 is 21.0 Å². The van der Waals surface area contributed by atoms with Crippen LogP contribution in [0.25, 0.3) is 32.7 Å². The van der Waals surface area contributed by atoms with Crippen molar-refractivity contribution in [1.29, 1.82) is 0 Å². The summed E-state index contributed by atoms with van der Waals surface area (Å²) in [6.45, 7) is 3.13. The zero-order valence-corrected chi connectivity index (χ0v) is 23.5. The van der Waals surface area contributed by atoms with Crippen LogP contribution in [0.1, 0.15) is 11.1 Å². The van der Waals surface area contributed by atoms with Crippen LogP contribution in [0.2, 0.25) is 0 Å². The Morgan fingerprint density at radius 1 is 0.650 bits per heavy atom. The number of thiazole rings is 2. The lowest BCUT2D eigenvalue weighted by Gasteiger charge is -2.07. The fraction of sp³-hybridized carbons (Fsp3) is 0.143. The van der Waals surface area contributed by atoms with Gasteiger partial charge < -0.3 is 19.7 Å². The van der Waals surface area contributed by atoms with E-state index in [9.17, 15) is 19.8 Å². The molecule has 0 unspecified atom stereocenters. The highest BCUT2D eigenvalue weighted by molar-refractivity contribution is 7.15. The maximum atomic E-state index is 13.3. The molecule has 0 saturated heterocycles. The van der Waals surface area contributed by atoms with Crippen LogP contribution in [-0.4, -0.2) is 33.6 Å². The van der Waals surface area contributed by atoms with Crippen molar-refractivity contribution in [2.75, 3.05) is 14.2 Å². The van der Waals surface area contributed by atoms with E-state index in [0.717, 1.165) is 0 Å².